The molecule has 3 rings (SSSR count). The molecule has 1 saturated carbocycles. The van der Waals surface area contributed by atoms with Gasteiger partial charge in [0, 0.05) is 18.0 Å². The Hall–Kier alpha value is -1.86. The number of hydrogen-bond donors (Lipinski definition) is 2. The molecule has 1 fully saturated rings. The summed E-state index contributed by atoms with van der Waals surface area (Å²) in [6.07, 6.45) is 0. The highest BCUT2D eigenvalue weighted by Gasteiger charge is 2.57. The quantitative estimate of drug-likeness (QED) is 0.831. The summed E-state index contributed by atoms with van der Waals surface area (Å²) in [6.45, 7) is 11.5. The molecule has 0 unspecified atom stereocenters. The van der Waals surface area contributed by atoms with Crippen molar-refractivity contribution >= 4 is 15.8 Å². The summed E-state index contributed by atoms with van der Waals surface area (Å²) in [4.78, 5) is 0.145. The Balaban J connectivity index is 1.67. The molecule has 6 nitrogen and oxygen atoms in total. The van der Waals surface area contributed by atoms with Gasteiger partial charge in [0.1, 0.15) is 5.76 Å². The molecule has 1 heterocycles. The van der Waals surface area contributed by atoms with E-state index in [-0.39, 0.29) is 15.7 Å². The maximum absolute atomic E-state index is 11.4. The molecule has 0 aliphatic heterocycles. The lowest BCUT2D eigenvalue weighted by Crippen LogP contribution is -2.11. The Morgan fingerprint density at radius 2 is 1.85 bits per heavy atom. The molecular weight excluding hydrogens is 350 g/mol. The molecule has 1 aliphatic rings. The molecule has 1 aromatic carbocycles. The van der Waals surface area contributed by atoms with Crippen molar-refractivity contribution in [1.82, 2.24) is 5.16 Å². The van der Waals surface area contributed by atoms with Crippen LogP contribution in [0, 0.1) is 11.3 Å². The zero-order chi connectivity index (χ0) is 19.3. The van der Waals surface area contributed by atoms with Gasteiger partial charge in [-0.25, -0.2) is 13.6 Å². The van der Waals surface area contributed by atoms with Crippen LogP contribution in [0.15, 0.2) is 39.8 Å². The molecule has 2 aromatic rings. The maximum Gasteiger partial charge on any atom is 0.238 e. The molecule has 0 bridgehead atoms. The molecule has 3 N–H and O–H groups in total. The van der Waals surface area contributed by atoms with E-state index >= 15 is 0 Å². The van der Waals surface area contributed by atoms with Gasteiger partial charge in [-0.3, -0.25) is 0 Å². The van der Waals surface area contributed by atoms with Gasteiger partial charge in [0.25, 0.3) is 0 Å². The number of anilines is 1. The molecule has 1 aromatic heterocycles. The zero-order valence-corrected chi connectivity index (χ0v) is 16.7. The fraction of sp³-hybridized carbons (Fsp3) is 0.526. The molecule has 0 radical (unpaired) electrons. The maximum atomic E-state index is 11.4. The number of hydrogen-bond acceptors (Lipinski definition) is 5. The molecule has 0 amide bonds. The van der Waals surface area contributed by atoms with Crippen molar-refractivity contribution in [1.29, 1.82) is 0 Å². The lowest BCUT2D eigenvalue weighted by molar-refractivity contribution is 0.330. The third-order valence-corrected chi connectivity index (χ3v) is 6.30. The van der Waals surface area contributed by atoms with Gasteiger partial charge in [-0.15, -0.1) is 0 Å². The monoisotopic (exact) mass is 377 g/mol. The van der Waals surface area contributed by atoms with Crippen LogP contribution < -0.4 is 10.5 Å². The minimum absolute atomic E-state index is 0.0700. The molecule has 1 aliphatic carbocycles. The number of sulfonamides is 1. The number of rotatable bonds is 5. The molecule has 2 atom stereocenters. The summed E-state index contributed by atoms with van der Waals surface area (Å²) in [5, 5.41) is 12.6. The Labute approximate surface area is 155 Å². The summed E-state index contributed by atoms with van der Waals surface area (Å²) in [5.41, 5.74) is 1.19. The Bertz CT molecular complexity index is 893. The van der Waals surface area contributed by atoms with Gasteiger partial charge in [-0.1, -0.05) is 51.9 Å². The van der Waals surface area contributed by atoms with Gasteiger partial charge in [0.05, 0.1) is 4.90 Å². The van der Waals surface area contributed by atoms with Crippen LogP contribution in [0.1, 0.15) is 51.9 Å². The largest absolute Gasteiger partial charge is 0.367 e. The van der Waals surface area contributed by atoms with Crippen LogP contribution >= 0.6 is 0 Å². The van der Waals surface area contributed by atoms with E-state index in [1.54, 1.807) is 12.1 Å². The number of primary sulfonamides is 1. The SMILES string of the molecule is CC(C)(C)c1cc(NC[C@H]2[C@H](c3ccc(S(N)(=O)=O)cc3)C2(C)C)no1. The van der Waals surface area contributed by atoms with Crippen molar-refractivity contribution in [3.63, 3.8) is 0 Å². The summed E-state index contributed by atoms with van der Waals surface area (Å²) in [6, 6.07) is 8.83. The van der Waals surface area contributed by atoms with E-state index in [1.807, 2.05) is 18.2 Å². The lowest BCUT2D eigenvalue weighted by Gasteiger charge is -2.12. The Morgan fingerprint density at radius 3 is 2.35 bits per heavy atom. The van der Waals surface area contributed by atoms with Gasteiger partial charge in [0.15, 0.2) is 5.82 Å². The Morgan fingerprint density at radius 1 is 1.23 bits per heavy atom. The second kappa shape index (κ2) is 6.09. The van der Waals surface area contributed by atoms with E-state index in [4.69, 9.17) is 9.66 Å². The van der Waals surface area contributed by atoms with Crippen molar-refractivity contribution in [2.45, 2.75) is 50.8 Å². The standard InChI is InChI=1S/C19H27N3O3S/c1-18(2,3)15-10-16(22-25-15)21-11-14-17(19(14,4)5)12-6-8-13(9-7-12)26(20,23)24/h6-10,14,17H,11H2,1-5H3,(H,21,22)(H2,20,23,24)/t14-,17-/m0/s1. The number of nitrogens with zero attached hydrogens (tertiary/aromatic N) is 1. The van der Waals surface area contributed by atoms with Gasteiger partial charge in [0.2, 0.25) is 10.0 Å². The lowest BCUT2D eigenvalue weighted by atomic mass is 9.93. The van der Waals surface area contributed by atoms with Crippen LogP contribution in [0.2, 0.25) is 0 Å². The third-order valence-electron chi connectivity index (χ3n) is 5.37. The molecule has 0 spiro atoms. The van der Waals surface area contributed by atoms with E-state index in [0.29, 0.717) is 11.8 Å². The molecular formula is C19H27N3O3S. The van der Waals surface area contributed by atoms with Crippen LogP contribution in [0.5, 0.6) is 0 Å². The predicted octanol–water partition coefficient (Wildman–Crippen LogP) is 3.47. The molecule has 142 valence electrons. The first-order chi connectivity index (χ1) is 11.9. The van der Waals surface area contributed by atoms with Crippen molar-refractivity contribution in [3.8, 4) is 0 Å². The Kier molecular flexibility index (Phi) is 4.43. The fourth-order valence-corrected chi connectivity index (χ4v) is 4.09. The highest BCUT2D eigenvalue weighted by atomic mass is 32.2. The molecule has 7 heteroatoms. The number of benzene rings is 1. The minimum atomic E-state index is -3.65. The smallest absolute Gasteiger partial charge is 0.238 e. The first-order valence-corrected chi connectivity index (χ1v) is 10.3. The van der Waals surface area contributed by atoms with Gasteiger partial charge >= 0.3 is 0 Å². The molecule has 26 heavy (non-hydrogen) atoms. The van der Waals surface area contributed by atoms with Crippen molar-refractivity contribution in [3.05, 3.63) is 41.7 Å². The normalized spacial score (nSPS) is 22.2. The highest BCUT2D eigenvalue weighted by molar-refractivity contribution is 7.89. The van der Waals surface area contributed by atoms with E-state index in [9.17, 15) is 8.42 Å². The van der Waals surface area contributed by atoms with Crippen LogP contribution in [0.25, 0.3) is 0 Å². The third kappa shape index (κ3) is 3.64. The average Bonchev–Trinajstić information content (AvgIpc) is 2.85. The summed E-state index contributed by atoms with van der Waals surface area (Å²) >= 11 is 0. The first-order valence-electron chi connectivity index (χ1n) is 8.74. The topological polar surface area (TPSA) is 98.2 Å². The van der Waals surface area contributed by atoms with E-state index < -0.39 is 10.0 Å². The fourth-order valence-electron chi connectivity index (χ4n) is 3.58. The van der Waals surface area contributed by atoms with Crippen LogP contribution in [-0.4, -0.2) is 20.1 Å². The van der Waals surface area contributed by atoms with Crippen molar-refractivity contribution in [2.75, 3.05) is 11.9 Å². The average molecular weight is 378 g/mol. The van der Waals surface area contributed by atoms with E-state index in [0.717, 1.165) is 23.7 Å². The van der Waals surface area contributed by atoms with Crippen LogP contribution in [0.3, 0.4) is 0 Å². The summed E-state index contributed by atoms with van der Waals surface area (Å²) in [5.74, 6) is 2.39. The van der Waals surface area contributed by atoms with Crippen LogP contribution in [0.4, 0.5) is 5.82 Å². The minimum Gasteiger partial charge on any atom is -0.367 e. The summed E-state index contributed by atoms with van der Waals surface area (Å²) in [7, 11) is -3.65. The van der Waals surface area contributed by atoms with Crippen LogP contribution in [-0.2, 0) is 15.4 Å². The van der Waals surface area contributed by atoms with Gasteiger partial charge < -0.3 is 9.84 Å². The second-order valence-electron chi connectivity index (χ2n) is 8.73. The number of nitrogens with two attached hydrogens (primary N) is 1. The van der Waals surface area contributed by atoms with Crippen molar-refractivity contribution < 1.29 is 12.9 Å². The molecule has 0 saturated heterocycles. The first kappa shape index (κ1) is 18.9. The summed E-state index contributed by atoms with van der Waals surface area (Å²) < 4.78 is 28.2. The second-order valence-corrected chi connectivity index (χ2v) is 10.3. The van der Waals surface area contributed by atoms with E-state index in [2.05, 4.69) is 45.1 Å². The van der Waals surface area contributed by atoms with E-state index in [1.165, 1.54) is 0 Å². The van der Waals surface area contributed by atoms with Crippen molar-refractivity contribution in [2.24, 2.45) is 16.5 Å². The zero-order valence-electron chi connectivity index (χ0n) is 15.9. The predicted molar refractivity (Wildman–Crippen MR) is 102 cm³/mol. The number of nitrogens with one attached hydrogen (secondary N) is 1. The highest BCUT2D eigenvalue weighted by Crippen LogP contribution is 2.64. The van der Waals surface area contributed by atoms with Gasteiger partial charge in [-0.05, 0) is 34.9 Å². The van der Waals surface area contributed by atoms with Gasteiger partial charge in [-0.2, -0.15) is 0 Å². The number of aromatic nitrogens is 1.